The molecule has 2 rings (SSSR count). The molecule has 1 aromatic carbocycles. The Kier molecular flexibility index (Phi) is 4.42. The van der Waals surface area contributed by atoms with Crippen LogP contribution in [-0.2, 0) is 0 Å². The summed E-state index contributed by atoms with van der Waals surface area (Å²) < 4.78 is 5.76. The molecule has 0 saturated carbocycles. The third kappa shape index (κ3) is 3.49. The lowest BCUT2D eigenvalue weighted by molar-refractivity contribution is -0.385. The zero-order valence-corrected chi connectivity index (χ0v) is 13.0. The summed E-state index contributed by atoms with van der Waals surface area (Å²) >= 11 is 3.08. The van der Waals surface area contributed by atoms with Gasteiger partial charge >= 0.3 is 0 Å². The summed E-state index contributed by atoms with van der Waals surface area (Å²) in [6, 6.07) is 7.50. The van der Waals surface area contributed by atoms with Gasteiger partial charge in [-0.05, 0) is 54.0 Å². The molecule has 0 fully saturated rings. The number of halogens is 1. The molecule has 1 aromatic heterocycles. The van der Waals surface area contributed by atoms with Crippen LogP contribution >= 0.6 is 15.9 Å². The second kappa shape index (κ2) is 6.09. The number of benzene rings is 1. The number of nitrogens with zero attached hydrogens (tertiary/aromatic N) is 1. The van der Waals surface area contributed by atoms with E-state index in [1.165, 1.54) is 18.2 Å². The van der Waals surface area contributed by atoms with Crippen LogP contribution in [0.4, 0.5) is 5.69 Å². The van der Waals surface area contributed by atoms with Crippen molar-refractivity contribution in [3.63, 3.8) is 0 Å². The molecular weight excluding hydrogens is 340 g/mol. The summed E-state index contributed by atoms with van der Waals surface area (Å²) in [7, 11) is 0. The maximum Gasteiger partial charge on any atom is 0.284 e. The van der Waals surface area contributed by atoms with Gasteiger partial charge in [-0.1, -0.05) is 0 Å². The highest BCUT2D eigenvalue weighted by Gasteiger charge is 2.18. The Morgan fingerprint density at radius 3 is 2.67 bits per heavy atom. The van der Waals surface area contributed by atoms with E-state index in [-0.39, 0.29) is 17.3 Å². The van der Waals surface area contributed by atoms with Gasteiger partial charge in [0.25, 0.3) is 11.6 Å². The molecule has 0 spiro atoms. The number of amides is 1. The molecule has 1 unspecified atom stereocenters. The lowest BCUT2D eigenvalue weighted by atomic mass is 10.1. The van der Waals surface area contributed by atoms with Crippen LogP contribution in [-0.4, -0.2) is 10.8 Å². The Hall–Kier alpha value is -2.15. The molecule has 6 nitrogen and oxygen atoms in total. The van der Waals surface area contributed by atoms with E-state index in [1.54, 1.807) is 13.0 Å². The van der Waals surface area contributed by atoms with Crippen molar-refractivity contribution in [2.24, 2.45) is 0 Å². The largest absolute Gasteiger partial charge is 0.464 e. The smallest absolute Gasteiger partial charge is 0.284 e. The van der Waals surface area contributed by atoms with E-state index in [4.69, 9.17) is 4.42 Å². The summed E-state index contributed by atoms with van der Waals surface area (Å²) in [5.41, 5.74) is 0.0733. The molecule has 0 aliphatic rings. The predicted octanol–water partition coefficient (Wildman–Crippen LogP) is 3.75. The molecule has 110 valence electrons. The van der Waals surface area contributed by atoms with E-state index in [0.29, 0.717) is 10.2 Å². The number of nitro groups is 1. The second-order valence-corrected chi connectivity index (χ2v) is 5.42. The summed E-state index contributed by atoms with van der Waals surface area (Å²) in [6.07, 6.45) is 0. The van der Waals surface area contributed by atoms with Gasteiger partial charge in [-0.3, -0.25) is 14.9 Å². The lowest BCUT2D eigenvalue weighted by Crippen LogP contribution is -2.26. The third-order valence-electron chi connectivity index (χ3n) is 2.94. The van der Waals surface area contributed by atoms with Crippen LogP contribution in [0.5, 0.6) is 0 Å². The maximum atomic E-state index is 12.1. The molecule has 1 N–H and O–H groups in total. The van der Waals surface area contributed by atoms with Crippen LogP contribution in [0.1, 0.15) is 34.8 Å². The van der Waals surface area contributed by atoms with Crippen molar-refractivity contribution in [2.45, 2.75) is 19.9 Å². The van der Waals surface area contributed by atoms with Crippen LogP contribution in [0, 0.1) is 17.0 Å². The zero-order chi connectivity index (χ0) is 15.6. The van der Waals surface area contributed by atoms with Crippen molar-refractivity contribution in [3.8, 4) is 0 Å². The van der Waals surface area contributed by atoms with E-state index < -0.39 is 10.8 Å². The first-order chi connectivity index (χ1) is 9.88. The van der Waals surface area contributed by atoms with E-state index in [0.717, 1.165) is 5.76 Å². The van der Waals surface area contributed by atoms with Gasteiger partial charge < -0.3 is 9.73 Å². The minimum absolute atomic E-state index is 0.149. The van der Waals surface area contributed by atoms with Crippen molar-refractivity contribution in [3.05, 3.63) is 62.0 Å². The summed E-state index contributed by atoms with van der Waals surface area (Å²) in [4.78, 5) is 22.5. The van der Waals surface area contributed by atoms with Crippen molar-refractivity contribution < 1.29 is 14.1 Å². The van der Waals surface area contributed by atoms with Crippen LogP contribution in [0.2, 0.25) is 0 Å². The first-order valence-electron chi connectivity index (χ1n) is 6.19. The number of nitrogens with one attached hydrogen (secondary N) is 1. The Labute approximate surface area is 129 Å². The molecule has 0 saturated heterocycles. The Balaban J connectivity index is 2.17. The summed E-state index contributed by atoms with van der Waals surface area (Å²) in [5, 5.41) is 13.6. The number of hydrogen-bond donors (Lipinski definition) is 1. The first-order valence-corrected chi connectivity index (χ1v) is 6.99. The number of furan rings is 1. The molecule has 21 heavy (non-hydrogen) atoms. The molecule has 0 bridgehead atoms. The van der Waals surface area contributed by atoms with Gasteiger partial charge in [-0.2, -0.15) is 0 Å². The number of nitro benzene ring substituents is 1. The Morgan fingerprint density at radius 1 is 1.38 bits per heavy atom. The highest BCUT2D eigenvalue weighted by Crippen LogP contribution is 2.26. The maximum absolute atomic E-state index is 12.1. The quantitative estimate of drug-likeness (QED) is 0.670. The number of aryl methyl sites for hydroxylation is 1. The molecule has 1 heterocycles. The number of hydrogen-bond acceptors (Lipinski definition) is 4. The summed E-state index contributed by atoms with van der Waals surface area (Å²) in [6.45, 7) is 3.60. The van der Waals surface area contributed by atoms with Gasteiger partial charge in [-0.25, -0.2) is 0 Å². The van der Waals surface area contributed by atoms with Gasteiger partial charge in [0.2, 0.25) is 0 Å². The molecule has 0 aliphatic carbocycles. The molecule has 2 aromatic rings. The fourth-order valence-corrected chi connectivity index (χ4v) is 2.22. The minimum Gasteiger partial charge on any atom is -0.464 e. The van der Waals surface area contributed by atoms with E-state index in [2.05, 4.69) is 21.2 Å². The number of carbonyl (C=O) groups excluding carboxylic acids is 1. The molecule has 0 radical (unpaired) electrons. The van der Waals surface area contributed by atoms with Crippen LogP contribution in [0.3, 0.4) is 0 Å². The predicted molar refractivity (Wildman–Crippen MR) is 80.1 cm³/mol. The van der Waals surface area contributed by atoms with E-state index >= 15 is 0 Å². The van der Waals surface area contributed by atoms with Crippen molar-refractivity contribution in [2.75, 3.05) is 0 Å². The monoisotopic (exact) mass is 352 g/mol. The molecule has 1 atom stereocenters. The van der Waals surface area contributed by atoms with Crippen molar-refractivity contribution >= 4 is 27.5 Å². The van der Waals surface area contributed by atoms with E-state index in [1.807, 2.05) is 13.0 Å². The SMILES string of the molecule is Cc1ccc(C(C)NC(=O)c2ccc(Br)c([N+](=O)[O-])c2)o1. The molecule has 0 aliphatic heterocycles. The van der Waals surface area contributed by atoms with Gasteiger partial charge in [0, 0.05) is 11.6 Å². The fourth-order valence-electron chi connectivity index (χ4n) is 1.83. The van der Waals surface area contributed by atoms with Crippen molar-refractivity contribution in [1.82, 2.24) is 5.32 Å². The summed E-state index contributed by atoms with van der Waals surface area (Å²) in [5.74, 6) is 0.991. The first kappa shape index (κ1) is 15.2. The molecule has 7 heteroatoms. The average molecular weight is 353 g/mol. The third-order valence-corrected chi connectivity index (χ3v) is 3.61. The highest BCUT2D eigenvalue weighted by molar-refractivity contribution is 9.10. The van der Waals surface area contributed by atoms with Gasteiger partial charge in [0.1, 0.15) is 11.5 Å². The van der Waals surface area contributed by atoms with Gasteiger partial charge in [0.05, 0.1) is 15.4 Å². The van der Waals surface area contributed by atoms with Gasteiger partial charge in [-0.15, -0.1) is 0 Å². The Bertz CT molecular complexity index is 696. The van der Waals surface area contributed by atoms with Crippen LogP contribution in [0.25, 0.3) is 0 Å². The number of carbonyl (C=O) groups is 1. The Morgan fingerprint density at radius 2 is 2.10 bits per heavy atom. The molecular formula is C14H13BrN2O4. The number of rotatable bonds is 4. The normalized spacial score (nSPS) is 12.0. The second-order valence-electron chi connectivity index (χ2n) is 4.57. The van der Waals surface area contributed by atoms with Crippen LogP contribution in [0.15, 0.2) is 39.2 Å². The zero-order valence-electron chi connectivity index (χ0n) is 11.4. The van der Waals surface area contributed by atoms with Crippen molar-refractivity contribution in [1.29, 1.82) is 0 Å². The van der Waals surface area contributed by atoms with E-state index in [9.17, 15) is 14.9 Å². The fraction of sp³-hybridized carbons (Fsp3) is 0.214. The minimum atomic E-state index is -0.541. The van der Waals surface area contributed by atoms with Crippen LogP contribution < -0.4 is 5.32 Å². The lowest BCUT2D eigenvalue weighted by Gasteiger charge is -2.11. The molecule has 1 amide bonds. The standard InChI is InChI=1S/C14H13BrN2O4/c1-8-3-6-13(21-8)9(2)16-14(18)10-4-5-11(15)12(7-10)17(19)20/h3-7,9H,1-2H3,(H,16,18). The highest BCUT2D eigenvalue weighted by atomic mass is 79.9. The average Bonchev–Trinajstić information content (AvgIpc) is 2.85. The topological polar surface area (TPSA) is 85.4 Å². The van der Waals surface area contributed by atoms with Gasteiger partial charge in [0.15, 0.2) is 0 Å².